The van der Waals surface area contributed by atoms with Crippen molar-refractivity contribution < 1.29 is 19.1 Å². The standard InChI is InChI=1S/C26H27N3O4/c1-17-5-7-21(8-6-17)15-29-19(3)24(18(2)28-29)13-14-26(32)33-16-25(31)22-9-11-23(12-10-22)27-20(4)30/h5-14H,15-16H2,1-4H3,(H,27,30)/b14-13+. The minimum atomic E-state index is -0.608. The zero-order valence-corrected chi connectivity index (χ0v) is 19.2. The number of benzene rings is 2. The molecule has 0 aliphatic rings. The maximum atomic E-state index is 12.3. The van der Waals surface area contributed by atoms with E-state index in [1.54, 1.807) is 30.3 Å². The number of amides is 1. The number of esters is 1. The van der Waals surface area contributed by atoms with Gasteiger partial charge in [-0.1, -0.05) is 29.8 Å². The van der Waals surface area contributed by atoms with Crippen molar-refractivity contribution in [3.05, 3.63) is 88.2 Å². The molecule has 0 unspecified atom stereocenters. The molecular formula is C26H27N3O4. The van der Waals surface area contributed by atoms with Crippen LogP contribution in [0.25, 0.3) is 6.08 Å². The molecule has 0 radical (unpaired) electrons. The predicted molar refractivity (Wildman–Crippen MR) is 127 cm³/mol. The average molecular weight is 446 g/mol. The third kappa shape index (κ3) is 6.49. The highest BCUT2D eigenvalue weighted by Gasteiger charge is 2.12. The van der Waals surface area contributed by atoms with Gasteiger partial charge in [-0.15, -0.1) is 0 Å². The summed E-state index contributed by atoms with van der Waals surface area (Å²) < 4.78 is 7.00. The third-order valence-electron chi connectivity index (χ3n) is 5.15. The average Bonchev–Trinajstić information content (AvgIpc) is 3.04. The number of ether oxygens (including phenoxy) is 1. The molecule has 170 valence electrons. The summed E-state index contributed by atoms with van der Waals surface area (Å²) in [6, 6.07) is 14.7. The number of hydrogen-bond acceptors (Lipinski definition) is 5. The van der Waals surface area contributed by atoms with Gasteiger partial charge in [0.2, 0.25) is 5.91 Å². The molecule has 1 heterocycles. The van der Waals surface area contributed by atoms with E-state index in [4.69, 9.17) is 4.74 Å². The molecule has 1 aromatic heterocycles. The van der Waals surface area contributed by atoms with Gasteiger partial charge in [0.15, 0.2) is 12.4 Å². The minimum Gasteiger partial charge on any atom is -0.454 e. The number of hydrogen-bond donors (Lipinski definition) is 1. The lowest BCUT2D eigenvalue weighted by Gasteiger charge is -2.05. The lowest BCUT2D eigenvalue weighted by atomic mass is 10.1. The van der Waals surface area contributed by atoms with Crippen LogP contribution < -0.4 is 5.32 Å². The highest BCUT2D eigenvalue weighted by Crippen LogP contribution is 2.17. The summed E-state index contributed by atoms with van der Waals surface area (Å²) in [6.45, 7) is 7.56. The molecular weight excluding hydrogens is 418 g/mol. The zero-order valence-electron chi connectivity index (χ0n) is 19.2. The Morgan fingerprint density at radius 1 is 1.00 bits per heavy atom. The van der Waals surface area contributed by atoms with Crippen LogP contribution in [-0.4, -0.2) is 34.0 Å². The Labute approximate surface area is 193 Å². The van der Waals surface area contributed by atoms with Crippen LogP contribution in [0.4, 0.5) is 5.69 Å². The Bertz CT molecular complexity index is 1190. The van der Waals surface area contributed by atoms with Gasteiger partial charge in [-0.2, -0.15) is 5.10 Å². The van der Waals surface area contributed by atoms with E-state index in [1.807, 2.05) is 25.5 Å². The maximum absolute atomic E-state index is 12.3. The Hall–Kier alpha value is -4.00. The monoisotopic (exact) mass is 445 g/mol. The summed E-state index contributed by atoms with van der Waals surface area (Å²) in [6.07, 6.45) is 2.97. The lowest BCUT2D eigenvalue weighted by molar-refractivity contribution is -0.136. The fourth-order valence-corrected chi connectivity index (χ4v) is 3.33. The van der Waals surface area contributed by atoms with Crippen molar-refractivity contribution in [1.29, 1.82) is 0 Å². The first-order valence-electron chi connectivity index (χ1n) is 10.6. The Morgan fingerprint density at radius 2 is 1.67 bits per heavy atom. The van der Waals surface area contributed by atoms with Crippen LogP contribution in [-0.2, 0) is 20.9 Å². The van der Waals surface area contributed by atoms with Crippen LogP contribution in [0.5, 0.6) is 0 Å². The molecule has 0 atom stereocenters. The number of ketones is 1. The van der Waals surface area contributed by atoms with Crippen LogP contribution in [0.15, 0.2) is 54.6 Å². The quantitative estimate of drug-likeness (QED) is 0.318. The zero-order chi connectivity index (χ0) is 24.0. The van der Waals surface area contributed by atoms with Gasteiger partial charge in [0.05, 0.1) is 12.2 Å². The Balaban J connectivity index is 1.58. The summed E-state index contributed by atoms with van der Waals surface area (Å²) >= 11 is 0. The first-order valence-corrected chi connectivity index (χ1v) is 10.6. The number of rotatable bonds is 8. The van der Waals surface area contributed by atoms with Gasteiger partial charge in [0.1, 0.15) is 0 Å². The number of nitrogens with one attached hydrogen (secondary N) is 1. The van der Waals surface area contributed by atoms with Gasteiger partial charge in [-0.25, -0.2) is 4.79 Å². The Morgan fingerprint density at radius 3 is 2.30 bits per heavy atom. The molecule has 2 aromatic carbocycles. The van der Waals surface area contributed by atoms with Crippen molar-refractivity contribution in [2.45, 2.75) is 34.2 Å². The van der Waals surface area contributed by atoms with Crippen molar-refractivity contribution in [3.63, 3.8) is 0 Å². The van der Waals surface area contributed by atoms with Gasteiger partial charge in [0, 0.05) is 35.5 Å². The van der Waals surface area contributed by atoms with E-state index in [2.05, 4.69) is 34.7 Å². The molecule has 0 aliphatic carbocycles. The minimum absolute atomic E-state index is 0.194. The summed E-state index contributed by atoms with van der Waals surface area (Å²) in [5, 5.41) is 7.21. The van der Waals surface area contributed by atoms with Crippen LogP contribution >= 0.6 is 0 Å². The van der Waals surface area contributed by atoms with E-state index in [-0.39, 0.29) is 18.3 Å². The molecule has 0 spiro atoms. The molecule has 3 aromatic rings. The highest BCUT2D eigenvalue weighted by molar-refractivity contribution is 5.99. The van der Waals surface area contributed by atoms with Gasteiger partial charge in [-0.3, -0.25) is 14.3 Å². The summed E-state index contributed by atoms with van der Waals surface area (Å²) in [4.78, 5) is 35.5. The molecule has 33 heavy (non-hydrogen) atoms. The topological polar surface area (TPSA) is 90.3 Å². The Kier molecular flexibility index (Phi) is 7.56. The van der Waals surface area contributed by atoms with Gasteiger partial charge in [-0.05, 0) is 56.7 Å². The number of aryl methyl sites for hydroxylation is 2. The fraction of sp³-hybridized carbons (Fsp3) is 0.231. The van der Waals surface area contributed by atoms with Gasteiger partial charge in [0.25, 0.3) is 0 Å². The molecule has 0 aliphatic heterocycles. The van der Waals surface area contributed by atoms with Crippen LogP contribution in [0.1, 0.15) is 45.4 Å². The first kappa shape index (κ1) is 23.7. The molecule has 7 heteroatoms. The van der Waals surface area contributed by atoms with Crippen molar-refractivity contribution in [1.82, 2.24) is 9.78 Å². The van der Waals surface area contributed by atoms with E-state index in [0.717, 1.165) is 22.5 Å². The van der Waals surface area contributed by atoms with Crippen molar-refractivity contribution in [3.8, 4) is 0 Å². The highest BCUT2D eigenvalue weighted by atomic mass is 16.5. The van der Waals surface area contributed by atoms with Crippen molar-refractivity contribution >= 4 is 29.4 Å². The van der Waals surface area contributed by atoms with Crippen LogP contribution in [0, 0.1) is 20.8 Å². The second kappa shape index (κ2) is 10.5. The number of carbonyl (C=O) groups excluding carboxylic acids is 3. The summed E-state index contributed by atoms with van der Waals surface area (Å²) in [5.74, 6) is -1.13. The number of carbonyl (C=O) groups is 3. The molecule has 1 N–H and O–H groups in total. The second-order valence-electron chi connectivity index (χ2n) is 7.85. The normalized spacial score (nSPS) is 10.9. The second-order valence-corrected chi connectivity index (χ2v) is 7.85. The van der Waals surface area contributed by atoms with E-state index >= 15 is 0 Å². The number of nitrogens with zero attached hydrogens (tertiary/aromatic N) is 2. The van der Waals surface area contributed by atoms with E-state index < -0.39 is 5.97 Å². The van der Waals surface area contributed by atoms with E-state index in [9.17, 15) is 14.4 Å². The largest absolute Gasteiger partial charge is 0.454 e. The smallest absolute Gasteiger partial charge is 0.331 e. The fourth-order valence-electron chi connectivity index (χ4n) is 3.33. The number of anilines is 1. The van der Waals surface area contributed by atoms with Gasteiger partial charge >= 0.3 is 5.97 Å². The molecule has 1 amide bonds. The molecule has 0 saturated carbocycles. The van der Waals surface area contributed by atoms with Crippen LogP contribution in [0.2, 0.25) is 0 Å². The van der Waals surface area contributed by atoms with E-state index in [1.165, 1.54) is 18.6 Å². The SMILES string of the molecule is CC(=O)Nc1ccc(C(=O)COC(=O)/C=C/c2c(C)nn(Cc3ccc(C)cc3)c2C)cc1. The van der Waals surface area contributed by atoms with Gasteiger partial charge < -0.3 is 10.1 Å². The first-order chi connectivity index (χ1) is 15.7. The predicted octanol–water partition coefficient (Wildman–Crippen LogP) is 4.25. The molecule has 0 bridgehead atoms. The number of aromatic nitrogens is 2. The van der Waals surface area contributed by atoms with Crippen LogP contribution in [0.3, 0.4) is 0 Å². The molecule has 7 nitrogen and oxygen atoms in total. The van der Waals surface area contributed by atoms with E-state index in [0.29, 0.717) is 17.8 Å². The van der Waals surface area contributed by atoms with Crippen molar-refractivity contribution in [2.24, 2.45) is 0 Å². The molecule has 0 saturated heterocycles. The molecule has 3 rings (SSSR count). The maximum Gasteiger partial charge on any atom is 0.331 e. The number of Topliss-reactive ketones (excluding diaryl/α,β-unsaturated/α-hetero) is 1. The third-order valence-corrected chi connectivity index (χ3v) is 5.15. The molecule has 0 fully saturated rings. The summed E-state index contributed by atoms with van der Waals surface area (Å²) in [7, 11) is 0. The lowest BCUT2D eigenvalue weighted by Crippen LogP contribution is -2.13. The van der Waals surface area contributed by atoms with Crippen molar-refractivity contribution in [2.75, 3.05) is 11.9 Å². The summed E-state index contributed by atoms with van der Waals surface area (Å²) in [5.41, 5.74) is 5.92.